The quantitative estimate of drug-likeness (QED) is 0.254. The number of hydrogen-bond acceptors (Lipinski definition) is 8. The maximum Gasteiger partial charge on any atom is 0.243 e. The molecule has 0 fully saturated rings. The second-order valence-electron chi connectivity index (χ2n) is 14.3. The molecular formula is C39H57N5O7. The lowest BCUT2D eigenvalue weighted by Gasteiger charge is -2.32. The number of nitrogens with two attached hydrogens (primary N) is 1. The van der Waals surface area contributed by atoms with Gasteiger partial charge in [-0.1, -0.05) is 58.4 Å². The Morgan fingerprint density at radius 2 is 1.37 bits per heavy atom. The Labute approximate surface area is 302 Å². The van der Waals surface area contributed by atoms with Gasteiger partial charge in [0.2, 0.25) is 23.6 Å². The fourth-order valence-corrected chi connectivity index (χ4v) is 6.46. The molecule has 4 bridgehead atoms. The lowest BCUT2D eigenvalue weighted by atomic mass is 9.85. The van der Waals surface area contributed by atoms with Crippen molar-refractivity contribution >= 4 is 23.6 Å². The zero-order valence-electron chi connectivity index (χ0n) is 30.5. The van der Waals surface area contributed by atoms with E-state index in [1.807, 2.05) is 76.2 Å². The Morgan fingerprint density at radius 3 is 1.98 bits per heavy atom. The molecule has 12 heteroatoms. The molecule has 6 rings (SSSR count). The molecule has 4 amide bonds. The van der Waals surface area contributed by atoms with Crippen molar-refractivity contribution < 1.29 is 33.8 Å². The molecule has 0 radical (unpaired) electrons. The summed E-state index contributed by atoms with van der Waals surface area (Å²) in [5.74, 6) is -1.05. The van der Waals surface area contributed by atoms with E-state index in [0.717, 1.165) is 11.1 Å². The summed E-state index contributed by atoms with van der Waals surface area (Å²) in [6, 6.07) is 11.8. The molecule has 0 saturated heterocycles. The number of aliphatic hydroxyl groups is 1. The number of carbonyl (C=O) groups excluding carboxylic acids is 4. The Kier molecular flexibility index (Phi) is 15.1. The molecule has 0 aliphatic carbocycles. The Bertz CT molecular complexity index is 1430. The maximum absolute atomic E-state index is 14.1. The van der Waals surface area contributed by atoms with Crippen LogP contribution in [0, 0.1) is 17.8 Å². The molecule has 4 aliphatic heterocycles. The minimum absolute atomic E-state index is 0.0235. The number of rotatable bonds is 7. The number of carbonyl (C=O) groups is 4. The molecule has 0 saturated carbocycles. The molecule has 280 valence electrons. The number of ether oxygens (including phenoxy) is 2. The first-order valence-corrected chi connectivity index (χ1v) is 18.5. The van der Waals surface area contributed by atoms with Crippen molar-refractivity contribution in [1.29, 1.82) is 0 Å². The van der Waals surface area contributed by atoms with Crippen LogP contribution in [0.4, 0.5) is 0 Å². The van der Waals surface area contributed by atoms with Gasteiger partial charge in [-0.3, -0.25) is 19.2 Å². The minimum atomic E-state index is -1.16. The van der Waals surface area contributed by atoms with Crippen LogP contribution in [0.2, 0.25) is 0 Å². The van der Waals surface area contributed by atoms with E-state index in [2.05, 4.69) is 21.3 Å². The summed E-state index contributed by atoms with van der Waals surface area (Å²) in [5, 5.41) is 23.6. The van der Waals surface area contributed by atoms with Gasteiger partial charge in [-0.15, -0.1) is 0 Å². The summed E-state index contributed by atoms with van der Waals surface area (Å²) in [4.78, 5) is 53.8. The van der Waals surface area contributed by atoms with Gasteiger partial charge in [0.1, 0.15) is 23.6 Å². The Morgan fingerprint density at radius 1 is 0.765 bits per heavy atom. The Hall–Kier alpha value is -4.16. The molecule has 1 unspecified atom stereocenters. The van der Waals surface area contributed by atoms with Gasteiger partial charge in [0.15, 0.2) is 0 Å². The van der Waals surface area contributed by atoms with Crippen molar-refractivity contribution in [1.82, 2.24) is 21.3 Å². The van der Waals surface area contributed by atoms with Crippen LogP contribution in [0.25, 0.3) is 0 Å². The predicted molar refractivity (Wildman–Crippen MR) is 195 cm³/mol. The second kappa shape index (κ2) is 19.4. The molecular weight excluding hydrogens is 650 g/mol. The molecule has 7 N–H and O–H groups in total. The topological polar surface area (TPSA) is 181 Å². The maximum atomic E-state index is 14.1. The molecule has 0 spiro atoms. The molecule has 4 aliphatic rings. The molecule has 2 aromatic carbocycles. The molecule has 7 atom stereocenters. The summed E-state index contributed by atoms with van der Waals surface area (Å²) in [7, 11) is 0. The monoisotopic (exact) mass is 707 g/mol. The highest BCUT2D eigenvalue weighted by Crippen LogP contribution is 2.23. The van der Waals surface area contributed by atoms with Crippen LogP contribution in [0.3, 0.4) is 0 Å². The summed E-state index contributed by atoms with van der Waals surface area (Å²) >= 11 is 0. The number of hydrogen-bond donors (Lipinski definition) is 6. The summed E-state index contributed by atoms with van der Waals surface area (Å²) in [5.41, 5.74) is 8.54. The van der Waals surface area contributed by atoms with Gasteiger partial charge in [-0.2, -0.15) is 0 Å². The van der Waals surface area contributed by atoms with Crippen LogP contribution < -0.4 is 36.5 Å². The van der Waals surface area contributed by atoms with E-state index < -0.39 is 42.1 Å². The highest BCUT2D eigenvalue weighted by atomic mass is 16.5. The smallest absolute Gasteiger partial charge is 0.243 e. The first-order chi connectivity index (χ1) is 24.4. The van der Waals surface area contributed by atoms with Crippen LogP contribution in [0.1, 0.15) is 77.3 Å². The highest BCUT2D eigenvalue weighted by Gasteiger charge is 2.35. The van der Waals surface area contributed by atoms with Crippen LogP contribution in [-0.2, 0) is 32.0 Å². The van der Waals surface area contributed by atoms with Crippen LogP contribution >= 0.6 is 0 Å². The van der Waals surface area contributed by atoms with E-state index in [1.165, 1.54) is 0 Å². The summed E-state index contributed by atoms with van der Waals surface area (Å²) in [6.07, 6.45) is 2.21. The van der Waals surface area contributed by atoms with Crippen molar-refractivity contribution in [3.8, 4) is 11.5 Å². The Balaban J connectivity index is 1.61. The van der Waals surface area contributed by atoms with Crippen LogP contribution in [0.5, 0.6) is 11.5 Å². The van der Waals surface area contributed by atoms with Gasteiger partial charge in [0.05, 0.1) is 31.3 Å². The average molecular weight is 708 g/mol. The van der Waals surface area contributed by atoms with Crippen molar-refractivity contribution in [3.05, 3.63) is 59.7 Å². The highest BCUT2D eigenvalue weighted by molar-refractivity contribution is 5.89. The molecule has 51 heavy (non-hydrogen) atoms. The normalized spacial score (nSPS) is 24.8. The summed E-state index contributed by atoms with van der Waals surface area (Å²) < 4.78 is 11.7. The third kappa shape index (κ3) is 12.0. The van der Waals surface area contributed by atoms with Gasteiger partial charge in [0, 0.05) is 19.0 Å². The zero-order valence-corrected chi connectivity index (χ0v) is 30.5. The standard InChI is InChI=1S/C39H57N5O7/c1-5-25(4)36-38(48)41-18-8-20-51-29-14-10-26(11-15-29)21-30(37(47)44-36)31(40)23-33(45)32-22-27-12-16-28(17-13-27)50-19-7-6-9-34(46)43-35(24(2)3)39(49)42-32/h10-17,24-25,30-33,35-36,45H,5-9,18-23,40H2,1-4H3,(H,41,48)(H,42,49)(H,43,46)(H,44,47)/t25-,30+,31?,32-,33+,35-,36-/m0/s1. The third-order valence-electron chi connectivity index (χ3n) is 9.93. The van der Waals surface area contributed by atoms with E-state index in [0.29, 0.717) is 56.9 Å². The van der Waals surface area contributed by atoms with Gasteiger partial charge in [-0.25, -0.2) is 0 Å². The largest absolute Gasteiger partial charge is 0.494 e. The van der Waals surface area contributed by atoms with E-state index in [-0.39, 0.29) is 55.2 Å². The second-order valence-corrected chi connectivity index (χ2v) is 14.3. The number of amides is 4. The average Bonchev–Trinajstić information content (AvgIpc) is 3.11. The number of benzene rings is 2. The van der Waals surface area contributed by atoms with Crippen molar-refractivity contribution in [2.75, 3.05) is 19.8 Å². The van der Waals surface area contributed by atoms with E-state index >= 15 is 0 Å². The fourth-order valence-electron chi connectivity index (χ4n) is 6.46. The third-order valence-corrected chi connectivity index (χ3v) is 9.93. The molecule has 2 aromatic rings. The molecule has 4 heterocycles. The van der Waals surface area contributed by atoms with Gasteiger partial charge >= 0.3 is 0 Å². The van der Waals surface area contributed by atoms with E-state index in [1.54, 1.807) is 0 Å². The van der Waals surface area contributed by atoms with E-state index in [9.17, 15) is 24.3 Å². The fraction of sp³-hybridized carbons (Fsp3) is 0.590. The first kappa shape index (κ1) is 39.6. The van der Waals surface area contributed by atoms with Crippen LogP contribution in [-0.4, -0.2) is 78.8 Å². The lowest BCUT2D eigenvalue weighted by Crippen LogP contribution is -2.57. The number of aliphatic hydroxyl groups excluding tert-OH is 1. The zero-order chi connectivity index (χ0) is 36.9. The van der Waals surface area contributed by atoms with E-state index in [4.69, 9.17) is 15.2 Å². The van der Waals surface area contributed by atoms with Gasteiger partial charge in [-0.05, 0) is 85.8 Å². The summed E-state index contributed by atoms with van der Waals surface area (Å²) in [6.45, 7) is 8.91. The van der Waals surface area contributed by atoms with Gasteiger partial charge in [0.25, 0.3) is 0 Å². The van der Waals surface area contributed by atoms with Crippen LogP contribution in [0.15, 0.2) is 48.5 Å². The number of nitrogens with one attached hydrogen (secondary N) is 4. The molecule has 12 nitrogen and oxygen atoms in total. The predicted octanol–water partition coefficient (Wildman–Crippen LogP) is 2.78. The van der Waals surface area contributed by atoms with Gasteiger partial charge < -0.3 is 41.6 Å². The van der Waals surface area contributed by atoms with Crippen molar-refractivity contribution in [3.63, 3.8) is 0 Å². The number of fused-ring (bicyclic) bond motifs is 25. The van der Waals surface area contributed by atoms with Crippen molar-refractivity contribution in [2.24, 2.45) is 23.5 Å². The van der Waals surface area contributed by atoms with Crippen molar-refractivity contribution in [2.45, 2.75) is 109 Å². The minimum Gasteiger partial charge on any atom is -0.494 e. The lowest BCUT2D eigenvalue weighted by molar-refractivity contribution is -0.133. The SMILES string of the molecule is CC[C@H](C)[C@@H]1NC(=O)[C@@H](C(N)C[C@@H](O)[C@@H]2Cc3ccc(cc3)OCCCCC(=O)N[C@@H](C(C)C)C(=O)N2)Cc2ccc(cc2)OCCCNC1=O. The molecule has 0 aromatic heterocycles. The first-order valence-electron chi connectivity index (χ1n) is 18.5.